The summed E-state index contributed by atoms with van der Waals surface area (Å²) in [4.78, 5) is 0. The predicted molar refractivity (Wildman–Crippen MR) is 62.5 cm³/mol. The molecule has 0 bridgehead atoms. The molecule has 0 aromatic heterocycles. The molecule has 14 heavy (non-hydrogen) atoms. The SMILES string of the molecule is C=CCNC(=S)Nc1ccccc1O. The van der Waals surface area contributed by atoms with Gasteiger partial charge in [-0.15, -0.1) is 6.58 Å². The van der Waals surface area contributed by atoms with Gasteiger partial charge in [0.15, 0.2) is 5.11 Å². The van der Waals surface area contributed by atoms with Crippen molar-refractivity contribution >= 4 is 23.0 Å². The van der Waals surface area contributed by atoms with Crippen molar-refractivity contribution in [1.29, 1.82) is 0 Å². The molecule has 0 spiro atoms. The first kappa shape index (κ1) is 10.5. The van der Waals surface area contributed by atoms with Crippen molar-refractivity contribution in [3.63, 3.8) is 0 Å². The number of anilines is 1. The summed E-state index contributed by atoms with van der Waals surface area (Å²) in [6.45, 7) is 4.15. The zero-order valence-corrected chi connectivity index (χ0v) is 8.47. The number of nitrogens with one attached hydrogen (secondary N) is 2. The van der Waals surface area contributed by atoms with Crippen LogP contribution in [0, 0.1) is 0 Å². The van der Waals surface area contributed by atoms with Gasteiger partial charge in [0, 0.05) is 6.54 Å². The van der Waals surface area contributed by atoms with Crippen LogP contribution < -0.4 is 10.6 Å². The molecular formula is C10H12N2OS. The number of thiocarbonyl (C=S) groups is 1. The van der Waals surface area contributed by atoms with Gasteiger partial charge in [-0.3, -0.25) is 0 Å². The number of para-hydroxylation sites is 2. The van der Waals surface area contributed by atoms with Crippen LogP contribution in [0.5, 0.6) is 5.75 Å². The number of phenolic OH excluding ortho intramolecular Hbond substituents is 1. The first-order valence-electron chi connectivity index (χ1n) is 4.18. The van der Waals surface area contributed by atoms with E-state index < -0.39 is 0 Å². The highest BCUT2D eigenvalue weighted by Gasteiger charge is 2.00. The molecule has 0 saturated carbocycles. The van der Waals surface area contributed by atoms with Crippen LogP contribution in [0.25, 0.3) is 0 Å². The third kappa shape index (κ3) is 3.06. The summed E-state index contributed by atoms with van der Waals surface area (Å²) >= 11 is 4.98. The molecule has 0 atom stereocenters. The third-order valence-corrected chi connectivity index (χ3v) is 1.81. The number of hydrogen-bond donors (Lipinski definition) is 3. The molecule has 0 heterocycles. The predicted octanol–water partition coefficient (Wildman–Crippen LogP) is 1.86. The minimum atomic E-state index is 0.176. The van der Waals surface area contributed by atoms with E-state index in [1.54, 1.807) is 24.3 Å². The van der Waals surface area contributed by atoms with Gasteiger partial charge in [-0.25, -0.2) is 0 Å². The van der Waals surface area contributed by atoms with Crippen molar-refractivity contribution in [3.05, 3.63) is 36.9 Å². The minimum Gasteiger partial charge on any atom is -0.506 e. The number of phenols is 1. The summed E-state index contributed by atoms with van der Waals surface area (Å²) in [7, 11) is 0. The van der Waals surface area contributed by atoms with Crippen LogP contribution in [0.4, 0.5) is 5.69 Å². The molecule has 1 aromatic carbocycles. The molecule has 0 amide bonds. The normalized spacial score (nSPS) is 9.14. The fourth-order valence-electron chi connectivity index (χ4n) is 0.911. The first-order chi connectivity index (χ1) is 6.74. The van der Waals surface area contributed by atoms with Gasteiger partial charge in [0.1, 0.15) is 5.75 Å². The van der Waals surface area contributed by atoms with E-state index in [4.69, 9.17) is 12.2 Å². The molecule has 0 aliphatic carbocycles. The Morgan fingerprint density at radius 1 is 1.50 bits per heavy atom. The topological polar surface area (TPSA) is 44.3 Å². The molecule has 1 aromatic rings. The average Bonchev–Trinajstić information content (AvgIpc) is 2.18. The molecule has 0 aliphatic rings. The molecule has 0 radical (unpaired) electrons. The van der Waals surface area contributed by atoms with Gasteiger partial charge in [-0.05, 0) is 24.4 Å². The molecule has 3 N–H and O–H groups in total. The van der Waals surface area contributed by atoms with E-state index in [0.717, 1.165) is 0 Å². The van der Waals surface area contributed by atoms with Crippen LogP contribution in [-0.2, 0) is 0 Å². The lowest BCUT2D eigenvalue weighted by Gasteiger charge is -2.09. The number of benzene rings is 1. The van der Waals surface area contributed by atoms with E-state index in [2.05, 4.69) is 17.2 Å². The van der Waals surface area contributed by atoms with Gasteiger partial charge in [-0.1, -0.05) is 18.2 Å². The van der Waals surface area contributed by atoms with E-state index in [1.165, 1.54) is 0 Å². The van der Waals surface area contributed by atoms with Crippen molar-refractivity contribution in [2.75, 3.05) is 11.9 Å². The van der Waals surface area contributed by atoms with Gasteiger partial charge in [0.05, 0.1) is 5.69 Å². The number of rotatable bonds is 3. The van der Waals surface area contributed by atoms with Crippen molar-refractivity contribution < 1.29 is 5.11 Å². The highest BCUT2D eigenvalue weighted by Crippen LogP contribution is 2.20. The van der Waals surface area contributed by atoms with Gasteiger partial charge in [0.25, 0.3) is 0 Å². The van der Waals surface area contributed by atoms with Gasteiger partial charge in [0.2, 0.25) is 0 Å². The summed E-state index contributed by atoms with van der Waals surface area (Å²) in [6.07, 6.45) is 1.71. The molecule has 74 valence electrons. The van der Waals surface area contributed by atoms with Crippen molar-refractivity contribution in [2.45, 2.75) is 0 Å². The standard InChI is InChI=1S/C10H12N2OS/c1-2-7-11-10(14)12-8-5-3-4-6-9(8)13/h2-6,13H,1,7H2,(H2,11,12,14). The van der Waals surface area contributed by atoms with Gasteiger partial charge < -0.3 is 15.7 Å². The maximum Gasteiger partial charge on any atom is 0.171 e. The zero-order chi connectivity index (χ0) is 10.4. The van der Waals surface area contributed by atoms with Crippen LogP contribution in [0.1, 0.15) is 0 Å². The van der Waals surface area contributed by atoms with Crippen LogP contribution in [0.15, 0.2) is 36.9 Å². The molecule has 0 saturated heterocycles. The average molecular weight is 208 g/mol. The number of aromatic hydroxyl groups is 1. The second-order valence-corrected chi connectivity index (χ2v) is 3.05. The Morgan fingerprint density at radius 2 is 2.21 bits per heavy atom. The Morgan fingerprint density at radius 3 is 2.86 bits per heavy atom. The zero-order valence-electron chi connectivity index (χ0n) is 7.66. The Balaban J connectivity index is 2.56. The van der Waals surface area contributed by atoms with Gasteiger partial charge in [-0.2, -0.15) is 0 Å². The fourth-order valence-corrected chi connectivity index (χ4v) is 1.10. The number of hydrogen-bond acceptors (Lipinski definition) is 2. The lowest BCUT2D eigenvalue weighted by Crippen LogP contribution is -2.28. The Labute approximate surface area is 88.5 Å². The summed E-state index contributed by atoms with van der Waals surface area (Å²) in [6, 6.07) is 6.91. The van der Waals surface area contributed by atoms with Crippen LogP contribution in [-0.4, -0.2) is 16.8 Å². The molecule has 1 rings (SSSR count). The van der Waals surface area contributed by atoms with Crippen molar-refractivity contribution in [1.82, 2.24) is 5.32 Å². The Kier molecular flexibility index (Phi) is 3.94. The maximum absolute atomic E-state index is 9.41. The monoisotopic (exact) mass is 208 g/mol. The minimum absolute atomic E-state index is 0.176. The van der Waals surface area contributed by atoms with Crippen LogP contribution in [0.2, 0.25) is 0 Å². The molecule has 0 aliphatic heterocycles. The molecule has 3 nitrogen and oxygen atoms in total. The van der Waals surface area contributed by atoms with Crippen LogP contribution >= 0.6 is 12.2 Å². The highest BCUT2D eigenvalue weighted by atomic mass is 32.1. The molecular weight excluding hydrogens is 196 g/mol. The van der Waals surface area contributed by atoms with Gasteiger partial charge >= 0.3 is 0 Å². The Hall–Kier alpha value is -1.55. The molecule has 0 fully saturated rings. The maximum atomic E-state index is 9.41. The van der Waals surface area contributed by atoms with E-state index in [0.29, 0.717) is 17.3 Å². The van der Waals surface area contributed by atoms with E-state index in [1.807, 2.05) is 6.07 Å². The molecule has 4 heteroatoms. The first-order valence-corrected chi connectivity index (χ1v) is 4.58. The van der Waals surface area contributed by atoms with E-state index >= 15 is 0 Å². The van der Waals surface area contributed by atoms with Crippen molar-refractivity contribution in [2.24, 2.45) is 0 Å². The largest absolute Gasteiger partial charge is 0.506 e. The summed E-state index contributed by atoms with van der Waals surface area (Å²) in [5.41, 5.74) is 0.592. The second kappa shape index (κ2) is 5.24. The summed E-state index contributed by atoms with van der Waals surface area (Å²) < 4.78 is 0. The summed E-state index contributed by atoms with van der Waals surface area (Å²) in [5, 5.41) is 15.6. The molecule has 0 unspecified atom stereocenters. The fraction of sp³-hybridized carbons (Fsp3) is 0.100. The Bertz CT molecular complexity index is 339. The third-order valence-electron chi connectivity index (χ3n) is 1.56. The summed E-state index contributed by atoms with van der Waals surface area (Å²) in [5.74, 6) is 0.176. The van der Waals surface area contributed by atoms with E-state index in [9.17, 15) is 5.11 Å². The lowest BCUT2D eigenvalue weighted by atomic mass is 10.3. The smallest absolute Gasteiger partial charge is 0.171 e. The lowest BCUT2D eigenvalue weighted by molar-refractivity contribution is 0.478. The quantitative estimate of drug-likeness (QED) is 0.403. The van der Waals surface area contributed by atoms with E-state index in [-0.39, 0.29) is 5.75 Å². The second-order valence-electron chi connectivity index (χ2n) is 2.64. The highest BCUT2D eigenvalue weighted by molar-refractivity contribution is 7.80. The van der Waals surface area contributed by atoms with Crippen molar-refractivity contribution in [3.8, 4) is 5.75 Å². The van der Waals surface area contributed by atoms with Crippen LogP contribution in [0.3, 0.4) is 0 Å².